The smallest absolute Gasteiger partial charge is 0.203 e. The highest BCUT2D eigenvalue weighted by Crippen LogP contribution is 2.38. The van der Waals surface area contributed by atoms with Crippen molar-refractivity contribution in [2.45, 2.75) is 45.2 Å². The molecule has 1 saturated carbocycles. The molecule has 1 saturated heterocycles. The molecular weight excluding hydrogens is 328 g/mol. The molecule has 1 heterocycles. The molecule has 2 N–H and O–H groups in total. The second-order valence-corrected chi connectivity index (χ2v) is 7.99. The lowest BCUT2D eigenvalue weighted by Crippen LogP contribution is -3.29. The van der Waals surface area contributed by atoms with Crippen molar-refractivity contribution in [1.82, 2.24) is 0 Å². The fraction of sp³-hybridized carbons (Fsp3) is 0.714. The van der Waals surface area contributed by atoms with Gasteiger partial charge in [0.05, 0.1) is 27.4 Å². The number of hydrogen-bond acceptors (Lipinski definition) is 3. The Balaban J connectivity index is 1.60. The summed E-state index contributed by atoms with van der Waals surface area (Å²) in [5.41, 5.74) is 1.25. The van der Waals surface area contributed by atoms with Gasteiger partial charge in [-0.3, -0.25) is 0 Å². The van der Waals surface area contributed by atoms with Gasteiger partial charge in [-0.15, -0.1) is 0 Å². The van der Waals surface area contributed by atoms with Crippen LogP contribution in [0.3, 0.4) is 0 Å². The maximum atomic E-state index is 5.50. The summed E-state index contributed by atoms with van der Waals surface area (Å²) in [5, 5.41) is 0. The summed E-state index contributed by atoms with van der Waals surface area (Å²) in [6.07, 6.45) is 5.72. The summed E-state index contributed by atoms with van der Waals surface area (Å²) in [6.45, 7) is 8.57. The monoisotopic (exact) mass is 364 g/mol. The highest BCUT2D eigenvalue weighted by molar-refractivity contribution is 5.53. The molecule has 0 aromatic heterocycles. The largest absolute Gasteiger partial charge is 0.493 e. The highest BCUT2D eigenvalue weighted by atomic mass is 16.5. The molecule has 0 amide bonds. The van der Waals surface area contributed by atoms with Gasteiger partial charge >= 0.3 is 0 Å². The molecule has 146 valence electrons. The van der Waals surface area contributed by atoms with Crippen LogP contribution in [-0.4, -0.2) is 53.6 Å². The fourth-order valence-corrected chi connectivity index (χ4v) is 4.92. The minimum atomic E-state index is 0.675. The van der Waals surface area contributed by atoms with Crippen LogP contribution < -0.4 is 24.0 Å². The van der Waals surface area contributed by atoms with Crippen LogP contribution in [0.4, 0.5) is 0 Å². The Labute approximate surface area is 158 Å². The van der Waals surface area contributed by atoms with Crippen molar-refractivity contribution < 1.29 is 24.0 Å². The van der Waals surface area contributed by atoms with E-state index in [2.05, 4.69) is 19.1 Å². The van der Waals surface area contributed by atoms with Crippen molar-refractivity contribution in [2.24, 2.45) is 5.92 Å². The number of piperazine rings is 1. The predicted molar refractivity (Wildman–Crippen MR) is 103 cm³/mol. The van der Waals surface area contributed by atoms with E-state index < -0.39 is 0 Å². The van der Waals surface area contributed by atoms with Crippen LogP contribution in [0, 0.1) is 5.92 Å². The molecule has 0 bridgehead atoms. The summed E-state index contributed by atoms with van der Waals surface area (Å²) in [4.78, 5) is 3.51. The van der Waals surface area contributed by atoms with Crippen LogP contribution in [0.5, 0.6) is 17.2 Å². The quantitative estimate of drug-likeness (QED) is 0.775. The van der Waals surface area contributed by atoms with E-state index in [-0.39, 0.29) is 0 Å². The molecule has 1 aromatic carbocycles. The third-order valence-electron chi connectivity index (χ3n) is 6.41. The van der Waals surface area contributed by atoms with Gasteiger partial charge in [-0.1, -0.05) is 13.3 Å². The number of hydrogen-bond donors (Lipinski definition) is 2. The second kappa shape index (κ2) is 8.96. The summed E-state index contributed by atoms with van der Waals surface area (Å²) in [7, 11) is 5.02. The molecule has 2 aliphatic rings. The summed E-state index contributed by atoms with van der Waals surface area (Å²) in [6, 6.07) is 5.08. The van der Waals surface area contributed by atoms with Gasteiger partial charge in [0.2, 0.25) is 5.75 Å². The average Bonchev–Trinajstić information content (AvgIpc) is 2.68. The number of methoxy groups -OCH3 is 3. The Kier molecular flexibility index (Phi) is 6.65. The molecule has 0 radical (unpaired) electrons. The van der Waals surface area contributed by atoms with Crippen molar-refractivity contribution in [2.75, 3.05) is 47.5 Å². The van der Waals surface area contributed by atoms with Crippen LogP contribution in [0.2, 0.25) is 0 Å². The van der Waals surface area contributed by atoms with Crippen LogP contribution in [0.1, 0.15) is 38.2 Å². The number of nitrogens with one attached hydrogen (secondary N) is 2. The van der Waals surface area contributed by atoms with Crippen molar-refractivity contribution in [1.29, 1.82) is 0 Å². The first kappa shape index (κ1) is 19.3. The molecule has 3 rings (SSSR count). The molecule has 1 aliphatic carbocycles. The van der Waals surface area contributed by atoms with Crippen LogP contribution in [0.15, 0.2) is 12.1 Å². The SMILES string of the molecule is COc1cc(C[NH+]2CC[NH+](C3CCCCC3C)CC2)cc(OC)c1OC. The highest BCUT2D eigenvalue weighted by Gasteiger charge is 2.34. The molecule has 2 atom stereocenters. The van der Waals surface area contributed by atoms with Crippen molar-refractivity contribution in [3.63, 3.8) is 0 Å². The van der Waals surface area contributed by atoms with Gasteiger partial charge in [-0.25, -0.2) is 0 Å². The van der Waals surface area contributed by atoms with E-state index in [4.69, 9.17) is 14.2 Å². The maximum absolute atomic E-state index is 5.50. The van der Waals surface area contributed by atoms with E-state index in [0.29, 0.717) is 5.75 Å². The molecular formula is C21H36N2O3+2. The van der Waals surface area contributed by atoms with Crippen molar-refractivity contribution >= 4 is 0 Å². The minimum Gasteiger partial charge on any atom is -0.493 e. The predicted octanol–water partition coefficient (Wildman–Crippen LogP) is 0.575. The molecule has 0 spiro atoms. The van der Waals surface area contributed by atoms with Crippen molar-refractivity contribution in [3.05, 3.63) is 17.7 Å². The van der Waals surface area contributed by atoms with Crippen LogP contribution >= 0.6 is 0 Å². The van der Waals surface area contributed by atoms with E-state index in [0.717, 1.165) is 30.0 Å². The zero-order valence-electron chi connectivity index (χ0n) is 16.9. The molecule has 5 nitrogen and oxygen atoms in total. The van der Waals surface area contributed by atoms with E-state index in [1.807, 2.05) is 4.90 Å². The van der Waals surface area contributed by atoms with Crippen LogP contribution in [-0.2, 0) is 6.54 Å². The van der Waals surface area contributed by atoms with Gasteiger partial charge in [-0.05, 0) is 31.4 Å². The lowest BCUT2D eigenvalue weighted by molar-refractivity contribution is -1.03. The number of benzene rings is 1. The number of rotatable bonds is 6. The first-order valence-corrected chi connectivity index (χ1v) is 10.1. The summed E-state index contributed by atoms with van der Waals surface area (Å²) < 4.78 is 16.4. The first-order chi connectivity index (χ1) is 12.7. The van der Waals surface area contributed by atoms with Gasteiger partial charge in [0.1, 0.15) is 32.7 Å². The topological polar surface area (TPSA) is 36.6 Å². The van der Waals surface area contributed by atoms with E-state index in [9.17, 15) is 0 Å². The van der Waals surface area contributed by atoms with Gasteiger partial charge < -0.3 is 24.0 Å². The number of ether oxygens (including phenoxy) is 3. The zero-order valence-corrected chi connectivity index (χ0v) is 16.9. The standard InChI is InChI=1S/C21H34N2O3/c1-16-7-5-6-8-18(16)23-11-9-22(10-12-23)15-17-13-19(24-2)21(26-4)20(14-17)25-3/h13-14,16,18H,5-12,15H2,1-4H3/p+2. The molecule has 2 fully saturated rings. The summed E-state index contributed by atoms with van der Waals surface area (Å²) >= 11 is 0. The third-order valence-corrected chi connectivity index (χ3v) is 6.41. The lowest BCUT2D eigenvalue weighted by Gasteiger charge is -2.39. The fourth-order valence-electron chi connectivity index (χ4n) is 4.92. The molecule has 26 heavy (non-hydrogen) atoms. The Morgan fingerprint density at radius 2 is 1.50 bits per heavy atom. The van der Waals surface area contributed by atoms with Crippen LogP contribution in [0.25, 0.3) is 0 Å². The van der Waals surface area contributed by atoms with E-state index in [1.165, 1.54) is 57.4 Å². The Morgan fingerprint density at radius 3 is 2.04 bits per heavy atom. The summed E-state index contributed by atoms with van der Waals surface area (Å²) in [5.74, 6) is 3.08. The van der Waals surface area contributed by atoms with Gasteiger partial charge in [0.15, 0.2) is 11.5 Å². The Bertz CT molecular complexity index is 560. The van der Waals surface area contributed by atoms with Gasteiger partial charge in [0, 0.05) is 11.5 Å². The minimum absolute atomic E-state index is 0.675. The maximum Gasteiger partial charge on any atom is 0.203 e. The Morgan fingerprint density at radius 1 is 0.885 bits per heavy atom. The molecule has 1 aliphatic heterocycles. The lowest BCUT2D eigenvalue weighted by atomic mass is 9.84. The van der Waals surface area contributed by atoms with Gasteiger partial charge in [-0.2, -0.15) is 0 Å². The molecule has 1 aromatic rings. The first-order valence-electron chi connectivity index (χ1n) is 10.1. The average molecular weight is 365 g/mol. The second-order valence-electron chi connectivity index (χ2n) is 7.99. The third kappa shape index (κ3) is 4.26. The zero-order chi connectivity index (χ0) is 18.5. The van der Waals surface area contributed by atoms with Gasteiger partial charge in [0.25, 0.3) is 0 Å². The Hall–Kier alpha value is -1.46. The molecule has 2 unspecified atom stereocenters. The van der Waals surface area contributed by atoms with Crippen molar-refractivity contribution in [3.8, 4) is 17.2 Å². The normalized spacial score (nSPS) is 29.2. The number of quaternary nitrogens is 2. The van der Waals surface area contributed by atoms with E-state index >= 15 is 0 Å². The van der Waals surface area contributed by atoms with E-state index in [1.54, 1.807) is 26.2 Å². The molecule has 5 heteroatoms.